The summed E-state index contributed by atoms with van der Waals surface area (Å²) in [6.45, 7) is 8.27. The number of piperidine rings is 1. The number of aryl methyl sites for hydroxylation is 2. The molecular weight excluding hydrogens is 379 g/mol. The molecule has 0 bridgehead atoms. The van der Waals surface area contributed by atoms with Gasteiger partial charge in [-0.25, -0.2) is 13.9 Å². The molecule has 7 heteroatoms. The molecule has 0 saturated carbocycles. The Morgan fingerprint density at radius 1 is 1.03 bits per heavy atom. The molecule has 0 radical (unpaired) electrons. The molecule has 1 N–H and O–H groups in total. The molecule has 1 aliphatic heterocycles. The summed E-state index contributed by atoms with van der Waals surface area (Å²) < 4.78 is 16.9. The van der Waals surface area contributed by atoms with Crippen molar-refractivity contribution in [2.75, 3.05) is 0 Å². The van der Waals surface area contributed by atoms with Gasteiger partial charge in [0.25, 0.3) is 0 Å². The van der Waals surface area contributed by atoms with Crippen LogP contribution in [0.2, 0.25) is 0 Å². The Morgan fingerprint density at radius 2 is 1.80 bits per heavy atom. The highest BCUT2D eigenvalue weighted by atomic mass is 19.1. The Kier molecular flexibility index (Phi) is 4.50. The van der Waals surface area contributed by atoms with Crippen molar-refractivity contribution < 1.29 is 4.39 Å². The number of nitrogens with one attached hydrogen (secondary N) is 1. The molecule has 5 rings (SSSR count). The van der Waals surface area contributed by atoms with Crippen molar-refractivity contribution in [2.45, 2.75) is 58.5 Å². The summed E-state index contributed by atoms with van der Waals surface area (Å²) in [5, 5.41) is 17.5. The van der Waals surface area contributed by atoms with Crippen LogP contribution in [0.5, 0.6) is 0 Å². The Morgan fingerprint density at radius 3 is 2.57 bits per heavy atom. The third kappa shape index (κ3) is 3.33. The van der Waals surface area contributed by atoms with E-state index in [1.807, 2.05) is 38.2 Å². The van der Waals surface area contributed by atoms with Crippen LogP contribution in [0.25, 0.3) is 27.8 Å². The monoisotopic (exact) mass is 404 g/mol. The molecule has 3 aromatic heterocycles. The van der Waals surface area contributed by atoms with Gasteiger partial charge in [0.05, 0.1) is 28.8 Å². The first-order chi connectivity index (χ1) is 14.4. The predicted molar refractivity (Wildman–Crippen MR) is 115 cm³/mol. The smallest absolute Gasteiger partial charge is 0.156 e. The van der Waals surface area contributed by atoms with E-state index >= 15 is 4.39 Å². The van der Waals surface area contributed by atoms with Gasteiger partial charge in [0, 0.05) is 29.0 Å². The van der Waals surface area contributed by atoms with E-state index in [4.69, 9.17) is 0 Å². The molecule has 1 fully saturated rings. The lowest BCUT2D eigenvalue weighted by molar-refractivity contribution is 0.312. The Hall–Kier alpha value is -2.93. The minimum Gasteiger partial charge on any atom is -0.312 e. The zero-order valence-corrected chi connectivity index (χ0v) is 17.6. The fraction of sp³-hybridized carbons (Fsp3) is 0.391. The van der Waals surface area contributed by atoms with Gasteiger partial charge in [0.15, 0.2) is 5.65 Å². The third-order valence-electron chi connectivity index (χ3n) is 5.96. The highest BCUT2D eigenvalue weighted by molar-refractivity contribution is 5.84. The van der Waals surface area contributed by atoms with Gasteiger partial charge in [-0.05, 0) is 70.4 Å². The largest absolute Gasteiger partial charge is 0.312 e. The van der Waals surface area contributed by atoms with Gasteiger partial charge in [-0.15, -0.1) is 0 Å². The summed E-state index contributed by atoms with van der Waals surface area (Å²) in [7, 11) is 0. The lowest BCUT2D eigenvalue weighted by atomic mass is 9.86. The van der Waals surface area contributed by atoms with E-state index in [9.17, 15) is 0 Å². The van der Waals surface area contributed by atoms with Crippen LogP contribution in [-0.4, -0.2) is 36.9 Å². The second kappa shape index (κ2) is 7.09. The highest BCUT2D eigenvalue weighted by Gasteiger charge is 2.26. The van der Waals surface area contributed by atoms with Crippen LogP contribution in [-0.2, 0) is 0 Å². The van der Waals surface area contributed by atoms with Gasteiger partial charge in [0.1, 0.15) is 5.82 Å². The van der Waals surface area contributed by atoms with Gasteiger partial charge in [-0.3, -0.25) is 0 Å². The average molecular weight is 404 g/mol. The molecule has 0 aliphatic carbocycles. The molecule has 30 heavy (non-hydrogen) atoms. The number of fused-ring (bicyclic) bond motifs is 2. The minimum absolute atomic E-state index is 0.295. The molecule has 154 valence electrons. The number of halogens is 1. The van der Waals surface area contributed by atoms with E-state index in [0.717, 1.165) is 35.4 Å². The van der Waals surface area contributed by atoms with E-state index < -0.39 is 0 Å². The molecule has 3 atom stereocenters. The maximum atomic E-state index is 15.1. The predicted octanol–water partition coefficient (Wildman–Crippen LogP) is 4.34. The molecule has 6 nitrogen and oxygen atoms in total. The highest BCUT2D eigenvalue weighted by Crippen LogP contribution is 2.32. The standard InChI is InChI=1S/C23H25FN6/c1-12-5-21(29-30-11-15(4)26-23(12)30)17-8-19(24)18-10-20(27-28-22(18)9-17)16-6-13(2)25-14(3)7-16/h5,8-11,13-14,16,25H,6-7H2,1-4H3/t13-,14+,16?. The number of benzene rings is 1. The topological polar surface area (TPSA) is 68.0 Å². The molecule has 4 heterocycles. The number of rotatable bonds is 2. The zero-order valence-electron chi connectivity index (χ0n) is 17.6. The van der Waals surface area contributed by atoms with Crippen molar-refractivity contribution in [3.05, 3.63) is 53.2 Å². The maximum Gasteiger partial charge on any atom is 0.156 e. The van der Waals surface area contributed by atoms with E-state index in [-0.39, 0.29) is 5.82 Å². The van der Waals surface area contributed by atoms with Gasteiger partial charge in [-0.1, -0.05) is 0 Å². The van der Waals surface area contributed by atoms with Crippen molar-refractivity contribution in [3.63, 3.8) is 0 Å². The van der Waals surface area contributed by atoms with Crippen LogP contribution >= 0.6 is 0 Å². The molecule has 1 saturated heterocycles. The minimum atomic E-state index is -0.296. The summed E-state index contributed by atoms with van der Waals surface area (Å²) in [5.41, 5.74) is 5.49. The Labute approximate surface area is 174 Å². The quantitative estimate of drug-likeness (QED) is 0.538. The number of hydrogen-bond donors (Lipinski definition) is 1. The van der Waals surface area contributed by atoms with E-state index in [1.54, 1.807) is 10.6 Å². The molecule has 0 spiro atoms. The second-order valence-electron chi connectivity index (χ2n) is 8.66. The first-order valence-electron chi connectivity index (χ1n) is 10.4. The molecule has 1 unspecified atom stereocenters. The van der Waals surface area contributed by atoms with E-state index in [2.05, 4.69) is 39.4 Å². The first-order valence-corrected chi connectivity index (χ1v) is 10.4. The van der Waals surface area contributed by atoms with Gasteiger partial charge < -0.3 is 5.32 Å². The second-order valence-corrected chi connectivity index (χ2v) is 8.66. The fourth-order valence-corrected chi connectivity index (χ4v) is 4.66. The van der Waals surface area contributed by atoms with Crippen LogP contribution in [0.3, 0.4) is 0 Å². The summed E-state index contributed by atoms with van der Waals surface area (Å²) >= 11 is 0. The molecule has 0 amide bonds. The third-order valence-corrected chi connectivity index (χ3v) is 5.96. The summed E-state index contributed by atoms with van der Waals surface area (Å²) in [6.07, 6.45) is 3.84. The van der Waals surface area contributed by atoms with Gasteiger partial charge in [0.2, 0.25) is 0 Å². The number of aromatic nitrogens is 5. The SMILES string of the molecule is Cc1cn2nc(-c3cc(F)c4cc(C5C[C@@H](C)N[C@@H](C)C5)nnc4c3)cc(C)c2n1. The summed E-state index contributed by atoms with van der Waals surface area (Å²) in [6, 6.07) is 8.04. The lowest BCUT2D eigenvalue weighted by Crippen LogP contribution is -2.41. The van der Waals surface area contributed by atoms with Crippen molar-refractivity contribution in [2.24, 2.45) is 0 Å². The van der Waals surface area contributed by atoms with Crippen LogP contribution in [0.15, 0.2) is 30.5 Å². The molecule has 4 aromatic rings. The summed E-state index contributed by atoms with van der Waals surface area (Å²) in [4.78, 5) is 4.48. The number of hydrogen-bond acceptors (Lipinski definition) is 5. The maximum absolute atomic E-state index is 15.1. The van der Waals surface area contributed by atoms with Crippen LogP contribution in [0.1, 0.15) is 49.6 Å². The summed E-state index contributed by atoms with van der Waals surface area (Å²) in [5.74, 6) is -0.00141. The Balaban J connectivity index is 1.56. The zero-order chi connectivity index (χ0) is 21.0. The average Bonchev–Trinajstić information content (AvgIpc) is 3.08. The fourth-order valence-electron chi connectivity index (χ4n) is 4.66. The van der Waals surface area contributed by atoms with Crippen molar-refractivity contribution in [1.29, 1.82) is 0 Å². The molecule has 1 aliphatic rings. The van der Waals surface area contributed by atoms with Crippen molar-refractivity contribution in [1.82, 2.24) is 30.1 Å². The molecular formula is C23H25FN6. The van der Waals surface area contributed by atoms with Crippen molar-refractivity contribution >= 4 is 16.6 Å². The van der Waals surface area contributed by atoms with Crippen LogP contribution < -0.4 is 5.32 Å². The van der Waals surface area contributed by atoms with E-state index in [0.29, 0.717) is 40.2 Å². The van der Waals surface area contributed by atoms with E-state index in [1.165, 1.54) is 0 Å². The van der Waals surface area contributed by atoms with Crippen LogP contribution in [0.4, 0.5) is 4.39 Å². The Bertz CT molecular complexity index is 1250. The van der Waals surface area contributed by atoms with Gasteiger partial charge >= 0.3 is 0 Å². The van der Waals surface area contributed by atoms with Gasteiger partial charge in [-0.2, -0.15) is 15.3 Å². The lowest BCUT2D eigenvalue weighted by Gasteiger charge is -2.32. The molecule has 1 aromatic carbocycles. The van der Waals surface area contributed by atoms with Crippen LogP contribution in [0, 0.1) is 19.7 Å². The first kappa shape index (κ1) is 19.1. The normalized spacial score (nSPS) is 22.1. The number of imidazole rings is 1. The van der Waals surface area contributed by atoms with Crippen molar-refractivity contribution in [3.8, 4) is 11.3 Å². The number of nitrogens with zero attached hydrogens (tertiary/aromatic N) is 5.